The van der Waals surface area contributed by atoms with E-state index in [-0.39, 0.29) is 5.89 Å². The number of aromatic nitrogens is 2. The van der Waals surface area contributed by atoms with Crippen LogP contribution in [0.15, 0.2) is 9.64 Å². The first-order valence-corrected chi connectivity index (χ1v) is 5.89. The summed E-state index contributed by atoms with van der Waals surface area (Å²) in [4.78, 5) is 11.2. The lowest BCUT2D eigenvalue weighted by molar-refractivity contribution is 0.0475. The molecule has 6 heteroatoms. The predicted molar refractivity (Wildman–Crippen MR) is 55.9 cm³/mol. The van der Waals surface area contributed by atoms with Gasteiger partial charge in [0, 0.05) is 5.75 Å². The SMILES string of the molecule is CCCCSc1nnc(C(=O)OCC)o1. The van der Waals surface area contributed by atoms with Gasteiger partial charge in [0.2, 0.25) is 0 Å². The van der Waals surface area contributed by atoms with Crippen LogP contribution in [0.25, 0.3) is 0 Å². The molecule has 0 saturated heterocycles. The van der Waals surface area contributed by atoms with E-state index < -0.39 is 5.97 Å². The number of nitrogens with zero attached hydrogens (tertiary/aromatic N) is 2. The second kappa shape index (κ2) is 6.44. The van der Waals surface area contributed by atoms with Gasteiger partial charge in [-0.3, -0.25) is 0 Å². The molecule has 0 radical (unpaired) electrons. The lowest BCUT2D eigenvalue weighted by Crippen LogP contribution is -2.04. The van der Waals surface area contributed by atoms with E-state index in [1.807, 2.05) is 0 Å². The van der Waals surface area contributed by atoms with Gasteiger partial charge in [0.15, 0.2) is 0 Å². The zero-order valence-corrected chi connectivity index (χ0v) is 9.67. The largest absolute Gasteiger partial charge is 0.459 e. The Labute approximate surface area is 92.6 Å². The highest BCUT2D eigenvalue weighted by Gasteiger charge is 2.15. The predicted octanol–water partition coefficient (Wildman–Crippen LogP) is 2.14. The lowest BCUT2D eigenvalue weighted by atomic mass is 10.4. The Morgan fingerprint density at radius 1 is 1.47 bits per heavy atom. The molecule has 0 spiro atoms. The summed E-state index contributed by atoms with van der Waals surface area (Å²) in [5.74, 6) is 0.282. The zero-order chi connectivity index (χ0) is 11.1. The smallest absolute Gasteiger partial charge is 0.396 e. The van der Waals surface area contributed by atoms with Crippen molar-refractivity contribution >= 4 is 17.7 Å². The maximum Gasteiger partial charge on any atom is 0.396 e. The highest BCUT2D eigenvalue weighted by molar-refractivity contribution is 7.99. The molecular formula is C9H14N2O3S. The van der Waals surface area contributed by atoms with Crippen LogP contribution in [0, 0.1) is 0 Å². The zero-order valence-electron chi connectivity index (χ0n) is 8.86. The van der Waals surface area contributed by atoms with Gasteiger partial charge < -0.3 is 9.15 Å². The van der Waals surface area contributed by atoms with Gasteiger partial charge in [0.25, 0.3) is 5.22 Å². The second-order valence-electron chi connectivity index (χ2n) is 2.80. The van der Waals surface area contributed by atoms with Crippen molar-refractivity contribution in [3.05, 3.63) is 5.89 Å². The van der Waals surface area contributed by atoms with E-state index in [0.717, 1.165) is 18.6 Å². The van der Waals surface area contributed by atoms with Crippen LogP contribution in [0.5, 0.6) is 0 Å². The van der Waals surface area contributed by atoms with Crippen molar-refractivity contribution in [3.63, 3.8) is 0 Å². The highest BCUT2D eigenvalue weighted by Crippen LogP contribution is 2.17. The van der Waals surface area contributed by atoms with Crippen LogP contribution in [0.1, 0.15) is 37.4 Å². The molecule has 84 valence electrons. The summed E-state index contributed by atoms with van der Waals surface area (Å²) in [6.07, 6.45) is 2.20. The summed E-state index contributed by atoms with van der Waals surface area (Å²) >= 11 is 1.45. The van der Waals surface area contributed by atoms with E-state index in [9.17, 15) is 4.79 Å². The van der Waals surface area contributed by atoms with Crippen LogP contribution in [0.2, 0.25) is 0 Å². The quantitative estimate of drug-likeness (QED) is 0.424. The standard InChI is InChI=1S/C9H14N2O3S/c1-3-5-6-15-9-11-10-7(14-9)8(12)13-4-2/h3-6H2,1-2H3. The molecule has 0 aliphatic heterocycles. The molecule has 0 unspecified atom stereocenters. The van der Waals surface area contributed by atoms with Crippen molar-refractivity contribution in [1.29, 1.82) is 0 Å². The van der Waals surface area contributed by atoms with Crippen LogP contribution in [-0.4, -0.2) is 28.5 Å². The van der Waals surface area contributed by atoms with Crippen molar-refractivity contribution in [1.82, 2.24) is 10.2 Å². The summed E-state index contributed by atoms with van der Waals surface area (Å²) in [5, 5.41) is 7.76. The van der Waals surface area contributed by atoms with Gasteiger partial charge in [-0.05, 0) is 13.3 Å². The van der Waals surface area contributed by atoms with Crippen LogP contribution >= 0.6 is 11.8 Å². The Balaban J connectivity index is 2.45. The second-order valence-corrected chi connectivity index (χ2v) is 3.84. The normalized spacial score (nSPS) is 10.3. The first kappa shape index (κ1) is 12.0. The molecule has 15 heavy (non-hydrogen) atoms. The monoisotopic (exact) mass is 230 g/mol. The number of unbranched alkanes of at least 4 members (excludes halogenated alkanes) is 1. The van der Waals surface area contributed by atoms with Crippen molar-refractivity contribution in [3.8, 4) is 0 Å². The van der Waals surface area contributed by atoms with Gasteiger partial charge >= 0.3 is 11.9 Å². The molecule has 0 aromatic carbocycles. The molecule has 5 nitrogen and oxygen atoms in total. The third-order valence-corrected chi connectivity index (χ3v) is 2.48. The fraction of sp³-hybridized carbons (Fsp3) is 0.667. The Kier molecular flexibility index (Phi) is 5.17. The molecule has 0 bridgehead atoms. The van der Waals surface area contributed by atoms with Crippen molar-refractivity contribution in [2.24, 2.45) is 0 Å². The number of esters is 1. The van der Waals surface area contributed by atoms with Gasteiger partial charge in [-0.15, -0.1) is 5.10 Å². The molecule has 1 heterocycles. The van der Waals surface area contributed by atoms with Crippen LogP contribution in [-0.2, 0) is 4.74 Å². The third kappa shape index (κ3) is 3.91. The average Bonchev–Trinajstić information content (AvgIpc) is 2.67. The third-order valence-electron chi connectivity index (χ3n) is 1.58. The minimum absolute atomic E-state index is 0.0733. The number of hydrogen-bond acceptors (Lipinski definition) is 6. The Morgan fingerprint density at radius 3 is 2.93 bits per heavy atom. The molecule has 1 rings (SSSR count). The molecule has 0 atom stereocenters. The molecule has 0 N–H and O–H groups in total. The lowest BCUT2D eigenvalue weighted by Gasteiger charge is -1.94. The van der Waals surface area contributed by atoms with Gasteiger partial charge in [-0.2, -0.15) is 0 Å². The molecule has 0 amide bonds. The van der Waals surface area contributed by atoms with E-state index >= 15 is 0 Å². The molecule has 0 fully saturated rings. The number of hydrogen-bond donors (Lipinski definition) is 0. The van der Waals surface area contributed by atoms with Gasteiger partial charge in [-0.1, -0.05) is 30.2 Å². The topological polar surface area (TPSA) is 65.2 Å². The Hall–Kier alpha value is -1.04. The van der Waals surface area contributed by atoms with Gasteiger partial charge in [0.1, 0.15) is 0 Å². The van der Waals surface area contributed by atoms with E-state index in [0.29, 0.717) is 11.8 Å². The minimum atomic E-state index is -0.563. The van der Waals surface area contributed by atoms with E-state index in [1.165, 1.54) is 11.8 Å². The van der Waals surface area contributed by atoms with E-state index in [4.69, 9.17) is 9.15 Å². The minimum Gasteiger partial charge on any atom is -0.459 e. The summed E-state index contributed by atoms with van der Waals surface area (Å²) < 4.78 is 9.83. The van der Waals surface area contributed by atoms with Gasteiger partial charge in [0.05, 0.1) is 6.61 Å². The highest BCUT2D eigenvalue weighted by atomic mass is 32.2. The number of carbonyl (C=O) groups is 1. The van der Waals surface area contributed by atoms with E-state index in [2.05, 4.69) is 17.1 Å². The first-order chi connectivity index (χ1) is 7.27. The molecule has 1 aromatic rings. The fourth-order valence-electron chi connectivity index (χ4n) is 0.847. The van der Waals surface area contributed by atoms with Crippen molar-refractivity contribution in [2.45, 2.75) is 31.9 Å². The van der Waals surface area contributed by atoms with Gasteiger partial charge in [-0.25, -0.2) is 4.79 Å². The molecule has 0 aliphatic carbocycles. The fourth-order valence-corrected chi connectivity index (χ4v) is 1.69. The van der Waals surface area contributed by atoms with Crippen LogP contribution in [0.3, 0.4) is 0 Å². The summed E-state index contributed by atoms with van der Waals surface area (Å²) in [6, 6.07) is 0. The first-order valence-electron chi connectivity index (χ1n) is 4.91. The van der Waals surface area contributed by atoms with E-state index in [1.54, 1.807) is 6.92 Å². The number of thioether (sulfide) groups is 1. The van der Waals surface area contributed by atoms with Crippen LogP contribution < -0.4 is 0 Å². The molecule has 0 saturated carbocycles. The van der Waals surface area contributed by atoms with Crippen LogP contribution in [0.4, 0.5) is 0 Å². The number of carbonyl (C=O) groups excluding carboxylic acids is 1. The number of ether oxygens (including phenoxy) is 1. The Morgan fingerprint density at radius 2 is 2.27 bits per heavy atom. The number of rotatable bonds is 6. The van der Waals surface area contributed by atoms with Crippen molar-refractivity contribution in [2.75, 3.05) is 12.4 Å². The molecule has 1 aromatic heterocycles. The summed E-state index contributed by atoms with van der Waals surface area (Å²) in [6.45, 7) is 4.14. The van der Waals surface area contributed by atoms with Crippen molar-refractivity contribution < 1.29 is 13.9 Å². The Bertz CT molecular complexity index is 314. The molecule has 0 aliphatic rings. The summed E-state index contributed by atoms with van der Waals surface area (Å²) in [7, 11) is 0. The maximum atomic E-state index is 11.2. The summed E-state index contributed by atoms with van der Waals surface area (Å²) in [5.41, 5.74) is 0. The average molecular weight is 230 g/mol. The maximum absolute atomic E-state index is 11.2. The molecular weight excluding hydrogens is 216 g/mol.